The summed E-state index contributed by atoms with van der Waals surface area (Å²) in [5, 5.41) is 12.3. The van der Waals surface area contributed by atoms with Gasteiger partial charge in [0.05, 0.1) is 7.11 Å². The number of nitrogens with one attached hydrogen (secondary N) is 1. The van der Waals surface area contributed by atoms with Gasteiger partial charge in [-0.05, 0) is 36.1 Å². The summed E-state index contributed by atoms with van der Waals surface area (Å²) >= 11 is 0. The standard InChI is InChI=1S/C25H25N3O2/c1-29-20-10-6-9-19(15-20)25(18-7-4-3-5-8-18)14-13-21-22(16-25)26-27-24(21)23(28-30-2)17-11-12-17/h3-10,13-15,17H,11-12,16H2,1-2H3,(H,26,27)/b28-23+. The maximum absolute atomic E-state index is 5.52. The lowest BCUT2D eigenvalue weighted by atomic mass is 9.68. The van der Waals surface area contributed by atoms with Crippen molar-refractivity contribution in [3.63, 3.8) is 0 Å². The molecule has 0 aliphatic heterocycles. The van der Waals surface area contributed by atoms with Gasteiger partial charge in [0.1, 0.15) is 24.3 Å². The molecule has 1 atom stereocenters. The lowest BCUT2D eigenvalue weighted by Gasteiger charge is -2.34. The maximum Gasteiger partial charge on any atom is 0.119 e. The molecule has 5 heteroatoms. The number of oxime groups is 1. The van der Waals surface area contributed by atoms with Crippen LogP contribution in [0.1, 0.15) is 40.9 Å². The van der Waals surface area contributed by atoms with Crippen LogP contribution in [0.3, 0.4) is 0 Å². The number of aromatic amines is 1. The predicted molar refractivity (Wildman–Crippen MR) is 118 cm³/mol. The second-order valence-corrected chi connectivity index (χ2v) is 7.98. The fourth-order valence-electron chi connectivity index (χ4n) is 4.43. The zero-order valence-electron chi connectivity index (χ0n) is 17.3. The average Bonchev–Trinajstić information content (AvgIpc) is 3.57. The van der Waals surface area contributed by atoms with Gasteiger partial charge in [-0.15, -0.1) is 0 Å². The normalized spacial score (nSPS) is 20.7. The second kappa shape index (κ2) is 7.48. The number of fused-ring (bicyclic) bond motifs is 1. The highest BCUT2D eigenvalue weighted by molar-refractivity contribution is 6.04. The second-order valence-electron chi connectivity index (χ2n) is 7.98. The van der Waals surface area contributed by atoms with Crippen LogP contribution in [0.2, 0.25) is 0 Å². The van der Waals surface area contributed by atoms with Gasteiger partial charge in [-0.25, -0.2) is 0 Å². The van der Waals surface area contributed by atoms with E-state index < -0.39 is 0 Å². The molecule has 0 radical (unpaired) electrons. The van der Waals surface area contributed by atoms with E-state index in [1.807, 2.05) is 6.07 Å². The fraction of sp³-hybridized carbons (Fsp3) is 0.280. The highest BCUT2D eigenvalue weighted by atomic mass is 16.6. The van der Waals surface area contributed by atoms with Crippen LogP contribution in [0.15, 0.2) is 65.8 Å². The first-order chi connectivity index (χ1) is 14.7. The molecule has 0 bridgehead atoms. The summed E-state index contributed by atoms with van der Waals surface area (Å²) in [7, 11) is 3.30. The van der Waals surface area contributed by atoms with Crippen LogP contribution in [-0.4, -0.2) is 30.1 Å². The highest BCUT2D eigenvalue weighted by Crippen LogP contribution is 2.43. The number of benzene rings is 2. The number of methoxy groups -OCH3 is 1. The number of ether oxygens (including phenoxy) is 1. The monoisotopic (exact) mass is 399 g/mol. The molecule has 1 unspecified atom stereocenters. The van der Waals surface area contributed by atoms with Crippen LogP contribution in [0, 0.1) is 5.92 Å². The van der Waals surface area contributed by atoms with Crippen molar-refractivity contribution in [1.29, 1.82) is 0 Å². The molecule has 2 aliphatic rings. The Morgan fingerprint density at radius 1 is 1.07 bits per heavy atom. The zero-order valence-corrected chi connectivity index (χ0v) is 17.3. The van der Waals surface area contributed by atoms with E-state index in [1.165, 1.54) is 11.1 Å². The van der Waals surface area contributed by atoms with Gasteiger partial charge in [0.2, 0.25) is 0 Å². The molecule has 1 heterocycles. The van der Waals surface area contributed by atoms with E-state index in [0.717, 1.165) is 47.7 Å². The molecular weight excluding hydrogens is 374 g/mol. The summed E-state index contributed by atoms with van der Waals surface area (Å²) in [4.78, 5) is 5.12. The Balaban J connectivity index is 1.63. The number of H-pyrrole nitrogens is 1. The van der Waals surface area contributed by atoms with Crippen molar-refractivity contribution in [1.82, 2.24) is 10.2 Å². The van der Waals surface area contributed by atoms with Crippen molar-refractivity contribution in [2.75, 3.05) is 14.2 Å². The Morgan fingerprint density at radius 2 is 1.87 bits per heavy atom. The minimum absolute atomic E-state index is 0.301. The molecular formula is C25H25N3O2. The number of allylic oxidation sites excluding steroid dienone is 1. The molecule has 2 aromatic carbocycles. The van der Waals surface area contributed by atoms with E-state index in [2.05, 4.69) is 76.0 Å². The topological polar surface area (TPSA) is 59.5 Å². The van der Waals surface area contributed by atoms with Crippen molar-refractivity contribution >= 4 is 11.8 Å². The maximum atomic E-state index is 5.52. The molecule has 1 saturated carbocycles. The molecule has 2 aliphatic carbocycles. The Bertz CT molecular complexity index is 1110. The summed E-state index contributed by atoms with van der Waals surface area (Å²) in [5.74, 6) is 1.31. The van der Waals surface area contributed by atoms with Gasteiger partial charge >= 0.3 is 0 Å². The van der Waals surface area contributed by atoms with E-state index in [4.69, 9.17) is 9.57 Å². The summed E-state index contributed by atoms with van der Waals surface area (Å²) in [6.45, 7) is 0. The van der Waals surface area contributed by atoms with Crippen LogP contribution in [-0.2, 0) is 16.7 Å². The van der Waals surface area contributed by atoms with Crippen LogP contribution in [0.25, 0.3) is 6.08 Å². The van der Waals surface area contributed by atoms with E-state index in [1.54, 1.807) is 14.2 Å². The smallest absolute Gasteiger partial charge is 0.119 e. The van der Waals surface area contributed by atoms with E-state index in [9.17, 15) is 0 Å². The third kappa shape index (κ3) is 3.11. The molecule has 0 amide bonds. The number of hydrogen-bond donors (Lipinski definition) is 1. The Morgan fingerprint density at radius 3 is 2.60 bits per heavy atom. The van der Waals surface area contributed by atoms with Crippen LogP contribution in [0.4, 0.5) is 0 Å². The molecule has 1 fully saturated rings. The van der Waals surface area contributed by atoms with Gasteiger partial charge in [0.15, 0.2) is 0 Å². The van der Waals surface area contributed by atoms with Crippen LogP contribution >= 0.6 is 0 Å². The van der Waals surface area contributed by atoms with Gasteiger partial charge in [0.25, 0.3) is 0 Å². The van der Waals surface area contributed by atoms with Crippen molar-refractivity contribution in [2.45, 2.75) is 24.7 Å². The van der Waals surface area contributed by atoms with E-state index >= 15 is 0 Å². The van der Waals surface area contributed by atoms with Crippen molar-refractivity contribution < 1.29 is 9.57 Å². The largest absolute Gasteiger partial charge is 0.497 e. The van der Waals surface area contributed by atoms with Crippen molar-refractivity contribution in [2.24, 2.45) is 11.1 Å². The summed E-state index contributed by atoms with van der Waals surface area (Å²) in [6, 6.07) is 19.0. The third-order valence-corrected chi connectivity index (χ3v) is 6.14. The average molecular weight is 399 g/mol. The molecule has 0 spiro atoms. The first-order valence-corrected chi connectivity index (χ1v) is 10.3. The number of nitrogens with zero attached hydrogens (tertiary/aromatic N) is 2. The highest BCUT2D eigenvalue weighted by Gasteiger charge is 2.39. The van der Waals surface area contributed by atoms with Gasteiger partial charge in [-0.2, -0.15) is 5.10 Å². The van der Waals surface area contributed by atoms with E-state index in [-0.39, 0.29) is 5.41 Å². The molecule has 1 aromatic heterocycles. The van der Waals surface area contributed by atoms with Gasteiger partial charge in [0, 0.05) is 29.0 Å². The van der Waals surface area contributed by atoms with Crippen LogP contribution < -0.4 is 4.74 Å². The van der Waals surface area contributed by atoms with Crippen molar-refractivity contribution in [3.8, 4) is 5.75 Å². The van der Waals surface area contributed by atoms with Crippen molar-refractivity contribution in [3.05, 3.63) is 88.8 Å². The number of rotatable bonds is 6. The van der Waals surface area contributed by atoms with Gasteiger partial charge < -0.3 is 9.57 Å². The van der Waals surface area contributed by atoms with Gasteiger partial charge in [-0.3, -0.25) is 5.10 Å². The third-order valence-electron chi connectivity index (χ3n) is 6.14. The zero-order chi connectivity index (χ0) is 20.6. The SMILES string of the molecule is CO/N=C(/c1n[nH]c2c1C=CC(c1ccccc1)(c1cccc(OC)c1)C2)C1CC1. The van der Waals surface area contributed by atoms with E-state index in [0.29, 0.717) is 5.92 Å². The lowest BCUT2D eigenvalue weighted by molar-refractivity contribution is 0.212. The minimum atomic E-state index is -0.301. The number of aromatic nitrogens is 2. The molecule has 5 nitrogen and oxygen atoms in total. The predicted octanol–water partition coefficient (Wildman–Crippen LogP) is 4.73. The Kier molecular flexibility index (Phi) is 4.66. The molecule has 0 saturated heterocycles. The molecule has 152 valence electrons. The van der Waals surface area contributed by atoms with Crippen LogP contribution in [0.5, 0.6) is 5.75 Å². The summed E-state index contributed by atoms with van der Waals surface area (Å²) in [6.07, 6.45) is 7.57. The molecule has 5 rings (SSSR count). The minimum Gasteiger partial charge on any atom is -0.497 e. The molecule has 1 N–H and O–H groups in total. The summed E-state index contributed by atoms with van der Waals surface area (Å²) < 4.78 is 5.52. The first kappa shape index (κ1) is 18.7. The molecule has 30 heavy (non-hydrogen) atoms. The molecule has 3 aromatic rings. The van der Waals surface area contributed by atoms with Gasteiger partial charge in [-0.1, -0.05) is 59.8 Å². The Hall–Kier alpha value is -3.34. The lowest BCUT2D eigenvalue weighted by Crippen LogP contribution is -2.30. The first-order valence-electron chi connectivity index (χ1n) is 10.3. The number of hydrogen-bond acceptors (Lipinski definition) is 4. The summed E-state index contributed by atoms with van der Waals surface area (Å²) in [5.41, 5.74) is 6.23. The fourth-order valence-corrected chi connectivity index (χ4v) is 4.43. The quantitative estimate of drug-likeness (QED) is 0.481. The Labute approximate surface area is 176 Å².